The van der Waals surface area contributed by atoms with Crippen molar-refractivity contribution < 1.29 is 23.5 Å². The summed E-state index contributed by atoms with van der Waals surface area (Å²) in [7, 11) is 2.38. The first kappa shape index (κ1) is 18.1. The molecule has 0 saturated carbocycles. The molecule has 1 aromatic rings. The molecule has 1 saturated heterocycles. The Kier molecular flexibility index (Phi) is 6.48. The van der Waals surface area contributed by atoms with Crippen molar-refractivity contribution in [3.63, 3.8) is 0 Å². The normalized spacial score (nSPS) is 15.0. The minimum atomic E-state index is -0.752. The summed E-state index contributed by atoms with van der Waals surface area (Å²) in [6.45, 7) is 1.59. The molecular formula is C16H19FN2O4S. The number of nitrogens with zero attached hydrogens (tertiary/aromatic N) is 1. The van der Waals surface area contributed by atoms with E-state index in [1.165, 1.54) is 20.3 Å². The van der Waals surface area contributed by atoms with Gasteiger partial charge in [-0.3, -0.25) is 0 Å². The van der Waals surface area contributed by atoms with Gasteiger partial charge in [0.1, 0.15) is 11.5 Å². The molecule has 0 atom stereocenters. The molecule has 0 unspecified atom stereocenters. The van der Waals surface area contributed by atoms with Crippen molar-refractivity contribution in [1.29, 1.82) is 0 Å². The zero-order chi connectivity index (χ0) is 17.5. The molecule has 1 aromatic carbocycles. The summed E-state index contributed by atoms with van der Waals surface area (Å²) in [6, 6.07) is 4.58. The Bertz CT molecular complexity index is 645. The van der Waals surface area contributed by atoms with Crippen molar-refractivity contribution >= 4 is 35.1 Å². The lowest BCUT2D eigenvalue weighted by Crippen LogP contribution is -2.33. The van der Waals surface area contributed by atoms with Crippen LogP contribution in [-0.4, -0.2) is 50.8 Å². The van der Waals surface area contributed by atoms with Crippen LogP contribution in [-0.2, 0) is 19.1 Å². The number of carbonyl (C=O) groups is 2. The van der Waals surface area contributed by atoms with Crippen LogP contribution in [0.1, 0.15) is 0 Å². The van der Waals surface area contributed by atoms with E-state index in [0.29, 0.717) is 11.4 Å². The van der Waals surface area contributed by atoms with Crippen molar-refractivity contribution in [2.24, 2.45) is 0 Å². The van der Waals surface area contributed by atoms with Gasteiger partial charge in [-0.1, -0.05) is 0 Å². The van der Waals surface area contributed by atoms with Gasteiger partial charge in [-0.25, -0.2) is 14.0 Å². The standard InChI is InChI=1S/C16H19FN2O4S/c1-22-15(20)10-13(16(21)23-2)18-11-3-4-14(12(17)9-11)19-5-7-24-8-6-19/h3-4,9-10,18H,5-8H2,1-2H3/b13-10+. The van der Waals surface area contributed by atoms with Gasteiger partial charge in [0, 0.05) is 30.3 Å². The molecule has 0 radical (unpaired) electrons. The van der Waals surface area contributed by atoms with Crippen LogP contribution in [0.3, 0.4) is 0 Å². The van der Waals surface area contributed by atoms with Gasteiger partial charge in [-0.2, -0.15) is 11.8 Å². The molecular weight excluding hydrogens is 335 g/mol. The number of carbonyl (C=O) groups excluding carboxylic acids is 2. The molecule has 1 aliphatic heterocycles. The first-order chi connectivity index (χ1) is 11.5. The number of anilines is 2. The number of hydrogen-bond donors (Lipinski definition) is 1. The lowest BCUT2D eigenvalue weighted by Gasteiger charge is -2.29. The Labute approximate surface area is 144 Å². The lowest BCUT2D eigenvalue weighted by molar-refractivity contribution is -0.138. The molecule has 0 aromatic heterocycles. The summed E-state index contributed by atoms with van der Waals surface area (Å²) in [5.41, 5.74) is 0.728. The van der Waals surface area contributed by atoms with Crippen molar-refractivity contribution in [2.75, 3.05) is 49.0 Å². The summed E-state index contributed by atoms with van der Waals surface area (Å²) in [5.74, 6) is 0.0691. The van der Waals surface area contributed by atoms with Crippen LogP contribution in [0.15, 0.2) is 30.0 Å². The van der Waals surface area contributed by atoms with E-state index in [1.54, 1.807) is 12.1 Å². The van der Waals surface area contributed by atoms with Crippen LogP contribution in [0.5, 0.6) is 0 Å². The zero-order valence-corrected chi connectivity index (χ0v) is 14.3. The summed E-state index contributed by atoms with van der Waals surface area (Å²) in [6.07, 6.45) is 0.958. The van der Waals surface area contributed by atoms with Crippen LogP contribution in [0.4, 0.5) is 15.8 Å². The molecule has 1 aliphatic rings. The number of halogens is 1. The summed E-state index contributed by atoms with van der Waals surface area (Å²) < 4.78 is 23.5. The fraction of sp³-hybridized carbons (Fsp3) is 0.375. The number of methoxy groups -OCH3 is 2. The topological polar surface area (TPSA) is 67.9 Å². The first-order valence-corrected chi connectivity index (χ1v) is 8.48. The fourth-order valence-corrected chi connectivity index (χ4v) is 3.14. The highest BCUT2D eigenvalue weighted by Crippen LogP contribution is 2.26. The van der Waals surface area contributed by atoms with Gasteiger partial charge in [0.05, 0.1) is 26.0 Å². The third kappa shape index (κ3) is 4.64. The zero-order valence-electron chi connectivity index (χ0n) is 13.5. The van der Waals surface area contributed by atoms with Crippen LogP contribution < -0.4 is 10.2 Å². The van der Waals surface area contributed by atoms with Crippen molar-refractivity contribution in [1.82, 2.24) is 0 Å². The second-order valence-electron chi connectivity index (χ2n) is 4.96. The second kappa shape index (κ2) is 8.58. The second-order valence-corrected chi connectivity index (χ2v) is 6.19. The van der Waals surface area contributed by atoms with Gasteiger partial charge in [0.25, 0.3) is 0 Å². The monoisotopic (exact) mass is 354 g/mol. The highest BCUT2D eigenvalue weighted by atomic mass is 32.2. The van der Waals surface area contributed by atoms with E-state index in [9.17, 15) is 14.0 Å². The van der Waals surface area contributed by atoms with Crippen LogP contribution in [0.2, 0.25) is 0 Å². The molecule has 0 amide bonds. The lowest BCUT2D eigenvalue weighted by atomic mass is 10.2. The molecule has 130 valence electrons. The third-order valence-corrected chi connectivity index (χ3v) is 4.39. The molecule has 0 spiro atoms. The predicted molar refractivity (Wildman–Crippen MR) is 91.7 cm³/mol. The van der Waals surface area contributed by atoms with E-state index in [0.717, 1.165) is 30.7 Å². The highest BCUT2D eigenvalue weighted by Gasteiger charge is 2.17. The summed E-state index contributed by atoms with van der Waals surface area (Å²) in [5, 5.41) is 2.69. The van der Waals surface area contributed by atoms with E-state index in [1.807, 2.05) is 16.7 Å². The molecule has 0 aliphatic carbocycles. The average molecular weight is 354 g/mol. The average Bonchev–Trinajstić information content (AvgIpc) is 2.61. The Morgan fingerprint density at radius 3 is 2.54 bits per heavy atom. The van der Waals surface area contributed by atoms with Crippen LogP contribution in [0.25, 0.3) is 0 Å². The molecule has 2 rings (SSSR count). The largest absolute Gasteiger partial charge is 0.466 e. The first-order valence-electron chi connectivity index (χ1n) is 7.32. The van der Waals surface area contributed by atoms with Crippen molar-refractivity contribution in [3.05, 3.63) is 35.8 Å². The fourth-order valence-electron chi connectivity index (χ4n) is 2.23. The Balaban J connectivity index is 2.18. The molecule has 24 heavy (non-hydrogen) atoms. The van der Waals surface area contributed by atoms with E-state index in [-0.39, 0.29) is 5.70 Å². The van der Waals surface area contributed by atoms with Gasteiger partial charge in [-0.05, 0) is 18.2 Å². The molecule has 1 heterocycles. The minimum Gasteiger partial charge on any atom is -0.466 e. The van der Waals surface area contributed by atoms with Crippen LogP contribution >= 0.6 is 11.8 Å². The number of thioether (sulfide) groups is 1. The van der Waals surface area contributed by atoms with E-state index >= 15 is 0 Å². The Morgan fingerprint density at radius 2 is 1.96 bits per heavy atom. The smallest absolute Gasteiger partial charge is 0.354 e. The number of benzene rings is 1. The van der Waals surface area contributed by atoms with Crippen molar-refractivity contribution in [3.8, 4) is 0 Å². The highest BCUT2D eigenvalue weighted by molar-refractivity contribution is 7.99. The summed E-state index contributed by atoms with van der Waals surface area (Å²) >= 11 is 1.85. The molecule has 1 N–H and O–H groups in total. The number of esters is 2. The van der Waals surface area contributed by atoms with Crippen molar-refractivity contribution in [2.45, 2.75) is 0 Å². The number of ether oxygens (including phenoxy) is 2. The number of rotatable bonds is 5. The predicted octanol–water partition coefficient (Wildman–Crippen LogP) is 2.02. The quantitative estimate of drug-likeness (QED) is 0.641. The molecule has 8 heteroatoms. The van der Waals surface area contributed by atoms with Gasteiger partial charge in [-0.15, -0.1) is 0 Å². The third-order valence-electron chi connectivity index (χ3n) is 3.45. The van der Waals surface area contributed by atoms with Gasteiger partial charge in [0.15, 0.2) is 0 Å². The van der Waals surface area contributed by atoms with E-state index < -0.39 is 17.8 Å². The number of hydrogen-bond acceptors (Lipinski definition) is 7. The van der Waals surface area contributed by atoms with E-state index in [2.05, 4.69) is 14.8 Å². The minimum absolute atomic E-state index is 0.133. The van der Waals surface area contributed by atoms with Gasteiger partial charge in [0.2, 0.25) is 0 Å². The van der Waals surface area contributed by atoms with E-state index in [4.69, 9.17) is 0 Å². The maximum absolute atomic E-state index is 14.4. The Morgan fingerprint density at radius 1 is 1.25 bits per heavy atom. The van der Waals surface area contributed by atoms with Gasteiger partial charge < -0.3 is 19.7 Å². The SMILES string of the molecule is COC(=O)/C=C(/Nc1ccc(N2CCSCC2)c(F)c1)C(=O)OC. The van der Waals surface area contributed by atoms with Crippen LogP contribution in [0, 0.1) is 5.82 Å². The molecule has 6 nitrogen and oxygen atoms in total. The molecule has 0 bridgehead atoms. The number of nitrogens with one attached hydrogen (secondary N) is 1. The maximum atomic E-state index is 14.4. The molecule has 1 fully saturated rings. The van der Waals surface area contributed by atoms with Gasteiger partial charge >= 0.3 is 11.9 Å². The maximum Gasteiger partial charge on any atom is 0.354 e. The Hall–Kier alpha value is -2.22. The summed E-state index contributed by atoms with van der Waals surface area (Å²) in [4.78, 5) is 25.0.